The highest BCUT2D eigenvalue weighted by atomic mass is 32.1. The number of aryl methyl sites for hydroxylation is 2. The van der Waals surface area contributed by atoms with Crippen LogP contribution in [0.4, 0.5) is 9.52 Å². The Balaban J connectivity index is 1.67. The number of benzene rings is 1. The molecular formula is C14H16FN3S. The molecule has 0 unspecified atom stereocenters. The first-order chi connectivity index (χ1) is 9.13. The van der Waals surface area contributed by atoms with Crippen molar-refractivity contribution in [3.05, 3.63) is 40.5 Å². The molecule has 0 aliphatic heterocycles. The quantitative estimate of drug-likeness (QED) is 0.924. The minimum Gasteiger partial charge on any atom is -0.356 e. The van der Waals surface area contributed by atoms with E-state index in [0.29, 0.717) is 23.6 Å². The zero-order valence-corrected chi connectivity index (χ0v) is 11.9. The van der Waals surface area contributed by atoms with Gasteiger partial charge in [-0.05, 0) is 43.4 Å². The van der Waals surface area contributed by atoms with Crippen molar-refractivity contribution in [2.45, 2.75) is 39.2 Å². The van der Waals surface area contributed by atoms with Crippen LogP contribution in [0.25, 0.3) is 0 Å². The predicted octanol–water partition coefficient (Wildman–Crippen LogP) is 3.78. The van der Waals surface area contributed by atoms with Crippen LogP contribution < -0.4 is 5.32 Å². The van der Waals surface area contributed by atoms with Gasteiger partial charge in [0, 0.05) is 24.0 Å². The number of hydrogen-bond acceptors (Lipinski definition) is 4. The number of rotatable bonds is 4. The fraction of sp³-hybridized carbons (Fsp3) is 0.429. The van der Waals surface area contributed by atoms with Gasteiger partial charge >= 0.3 is 0 Å². The molecule has 3 rings (SSSR count). The van der Waals surface area contributed by atoms with E-state index in [0.717, 1.165) is 16.5 Å². The normalized spacial score (nSPS) is 14.7. The molecule has 1 aromatic heterocycles. The van der Waals surface area contributed by atoms with Gasteiger partial charge < -0.3 is 5.32 Å². The second-order valence-corrected chi connectivity index (χ2v) is 5.88. The molecule has 0 spiro atoms. The maximum Gasteiger partial charge on any atom is 0.202 e. The van der Waals surface area contributed by atoms with Crippen molar-refractivity contribution >= 4 is 16.7 Å². The van der Waals surface area contributed by atoms with Gasteiger partial charge in [0.25, 0.3) is 0 Å². The van der Waals surface area contributed by atoms with E-state index in [9.17, 15) is 4.39 Å². The lowest BCUT2D eigenvalue weighted by Crippen LogP contribution is -2.01. The fourth-order valence-electron chi connectivity index (χ4n) is 2.13. The summed E-state index contributed by atoms with van der Waals surface area (Å²) in [6.07, 6.45) is 2.43. The maximum absolute atomic E-state index is 13.5. The second kappa shape index (κ2) is 4.89. The average Bonchev–Trinajstić information content (AvgIpc) is 3.13. The van der Waals surface area contributed by atoms with Crippen LogP contribution in [0.2, 0.25) is 0 Å². The Hall–Kier alpha value is -1.49. The van der Waals surface area contributed by atoms with Gasteiger partial charge in [-0.25, -0.2) is 9.37 Å². The molecule has 2 aromatic rings. The Bertz CT molecular complexity index is 581. The van der Waals surface area contributed by atoms with Crippen LogP contribution in [0.1, 0.15) is 41.3 Å². The summed E-state index contributed by atoms with van der Waals surface area (Å²) in [6.45, 7) is 4.24. The van der Waals surface area contributed by atoms with Gasteiger partial charge in [0.1, 0.15) is 11.6 Å². The Morgan fingerprint density at radius 1 is 1.32 bits per heavy atom. The lowest BCUT2D eigenvalue weighted by Gasteiger charge is -2.07. The topological polar surface area (TPSA) is 37.8 Å². The van der Waals surface area contributed by atoms with Gasteiger partial charge in [-0.1, -0.05) is 12.1 Å². The summed E-state index contributed by atoms with van der Waals surface area (Å²) in [5.41, 5.74) is 2.44. The highest BCUT2D eigenvalue weighted by Crippen LogP contribution is 2.39. The van der Waals surface area contributed by atoms with Crippen LogP contribution in [0.3, 0.4) is 0 Å². The standard InChI is InChI=1S/C14H16FN3S/c1-8-5-10(6-9(2)12(8)15)7-16-14-17-13(18-19-14)11-3-4-11/h5-6,11H,3-4,7H2,1-2H3,(H,16,17,18). The Morgan fingerprint density at radius 3 is 2.63 bits per heavy atom. The molecule has 1 N–H and O–H groups in total. The van der Waals surface area contributed by atoms with Crippen molar-refractivity contribution in [3.63, 3.8) is 0 Å². The molecule has 19 heavy (non-hydrogen) atoms. The second-order valence-electron chi connectivity index (χ2n) is 5.13. The Labute approximate surface area is 116 Å². The van der Waals surface area contributed by atoms with Crippen LogP contribution in [-0.4, -0.2) is 9.36 Å². The third-order valence-corrected chi connectivity index (χ3v) is 4.01. The number of halogens is 1. The molecule has 1 aromatic carbocycles. The third-order valence-electron chi connectivity index (χ3n) is 3.32. The largest absolute Gasteiger partial charge is 0.356 e. The smallest absolute Gasteiger partial charge is 0.202 e. The summed E-state index contributed by atoms with van der Waals surface area (Å²) < 4.78 is 17.9. The minimum absolute atomic E-state index is 0.115. The number of hydrogen-bond donors (Lipinski definition) is 1. The van der Waals surface area contributed by atoms with Crippen LogP contribution in [-0.2, 0) is 6.54 Å². The molecule has 0 bridgehead atoms. The predicted molar refractivity (Wildman–Crippen MR) is 75.1 cm³/mol. The summed E-state index contributed by atoms with van der Waals surface area (Å²) in [7, 11) is 0. The van der Waals surface area contributed by atoms with Crippen molar-refractivity contribution in [2.24, 2.45) is 0 Å². The summed E-state index contributed by atoms with van der Waals surface area (Å²) >= 11 is 1.40. The number of anilines is 1. The number of nitrogens with zero attached hydrogens (tertiary/aromatic N) is 2. The molecule has 0 atom stereocenters. The third kappa shape index (κ3) is 2.76. The Kier molecular flexibility index (Phi) is 3.22. The maximum atomic E-state index is 13.5. The highest BCUT2D eigenvalue weighted by molar-refractivity contribution is 7.09. The molecule has 1 fully saturated rings. The van der Waals surface area contributed by atoms with E-state index in [-0.39, 0.29) is 5.82 Å². The summed E-state index contributed by atoms with van der Waals surface area (Å²) in [6, 6.07) is 3.75. The van der Waals surface area contributed by atoms with Crippen molar-refractivity contribution < 1.29 is 4.39 Å². The summed E-state index contributed by atoms with van der Waals surface area (Å²) in [5.74, 6) is 1.44. The number of nitrogens with one attached hydrogen (secondary N) is 1. The molecule has 0 radical (unpaired) electrons. The van der Waals surface area contributed by atoms with Crippen molar-refractivity contribution in [1.29, 1.82) is 0 Å². The molecule has 100 valence electrons. The molecule has 5 heteroatoms. The van der Waals surface area contributed by atoms with Gasteiger partial charge in [0.15, 0.2) is 0 Å². The van der Waals surface area contributed by atoms with E-state index in [1.807, 2.05) is 12.1 Å². The van der Waals surface area contributed by atoms with Crippen LogP contribution in [0.15, 0.2) is 12.1 Å². The molecule has 1 aliphatic carbocycles. The van der Waals surface area contributed by atoms with E-state index in [1.165, 1.54) is 24.4 Å². The van der Waals surface area contributed by atoms with Gasteiger partial charge in [-0.3, -0.25) is 0 Å². The van der Waals surface area contributed by atoms with E-state index in [4.69, 9.17) is 0 Å². The molecule has 3 nitrogen and oxygen atoms in total. The molecule has 0 saturated heterocycles. The van der Waals surface area contributed by atoms with E-state index >= 15 is 0 Å². The Morgan fingerprint density at radius 2 is 2.00 bits per heavy atom. The molecule has 0 amide bonds. The molecular weight excluding hydrogens is 261 g/mol. The van der Waals surface area contributed by atoms with Crippen molar-refractivity contribution in [1.82, 2.24) is 9.36 Å². The lowest BCUT2D eigenvalue weighted by atomic mass is 10.1. The molecule has 1 aliphatic rings. The van der Waals surface area contributed by atoms with Crippen molar-refractivity contribution in [3.8, 4) is 0 Å². The van der Waals surface area contributed by atoms with Crippen LogP contribution in [0.5, 0.6) is 0 Å². The van der Waals surface area contributed by atoms with E-state index in [2.05, 4.69) is 14.7 Å². The highest BCUT2D eigenvalue weighted by Gasteiger charge is 2.27. The SMILES string of the molecule is Cc1cc(CNc2nc(C3CC3)ns2)cc(C)c1F. The number of aromatic nitrogens is 2. The lowest BCUT2D eigenvalue weighted by molar-refractivity contribution is 0.608. The first-order valence-corrected chi connectivity index (χ1v) is 7.24. The van der Waals surface area contributed by atoms with Gasteiger partial charge in [0.2, 0.25) is 5.13 Å². The van der Waals surface area contributed by atoms with Crippen LogP contribution >= 0.6 is 11.5 Å². The van der Waals surface area contributed by atoms with E-state index in [1.54, 1.807) is 13.8 Å². The van der Waals surface area contributed by atoms with Crippen molar-refractivity contribution in [2.75, 3.05) is 5.32 Å². The first-order valence-electron chi connectivity index (χ1n) is 6.46. The zero-order valence-electron chi connectivity index (χ0n) is 11.0. The van der Waals surface area contributed by atoms with Crippen LogP contribution in [0, 0.1) is 19.7 Å². The molecule has 1 saturated carbocycles. The summed E-state index contributed by atoms with van der Waals surface area (Å²) in [4.78, 5) is 4.47. The first kappa shape index (κ1) is 12.5. The van der Waals surface area contributed by atoms with Gasteiger partial charge in [-0.2, -0.15) is 4.37 Å². The monoisotopic (exact) mass is 277 g/mol. The summed E-state index contributed by atoms with van der Waals surface area (Å²) in [5, 5.41) is 4.11. The van der Waals surface area contributed by atoms with E-state index < -0.39 is 0 Å². The van der Waals surface area contributed by atoms with Gasteiger partial charge in [0.05, 0.1) is 0 Å². The minimum atomic E-state index is -0.115. The zero-order chi connectivity index (χ0) is 13.4. The average molecular weight is 277 g/mol. The fourth-order valence-corrected chi connectivity index (χ4v) is 2.77. The van der Waals surface area contributed by atoms with Gasteiger partial charge in [-0.15, -0.1) is 0 Å². The molecule has 1 heterocycles.